The Morgan fingerprint density at radius 1 is 1.62 bits per heavy atom. The van der Waals surface area contributed by atoms with E-state index in [9.17, 15) is 0 Å². The minimum atomic E-state index is 0.437. The Hall–Kier alpha value is -0.870. The molecule has 0 spiro atoms. The van der Waals surface area contributed by atoms with Crippen LogP contribution in [0.4, 0.5) is 0 Å². The van der Waals surface area contributed by atoms with E-state index in [1.807, 2.05) is 10.9 Å². The molecule has 0 aromatic carbocycles. The fraction of sp³-hybridized carbons (Fsp3) is 0.750. The molecule has 4 heteroatoms. The highest BCUT2D eigenvalue weighted by molar-refractivity contribution is 4.99. The quantitative estimate of drug-likeness (QED) is 0.845. The van der Waals surface area contributed by atoms with Gasteiger partial charge in [0, 0.05) is 31.4 Å². The second-order valence-corrected chi connectivity index (χ2v) is 4.68. The molecular formula is C12H21N3O. The van der Waals surface area contributed by atoms with Crippen molar-refractivity contribution in [3.63, 3.8) is 0 Å². The molecule has 0 aliphatic carbocycles. The van der Waals surface area contributed by atoms with Gasteiger partial charge in [-0.2, -0.15) is 5.10 Å². The second kappa shape index (κ2) is 5.46. The highest BCUT2D eigenvalue weighted by Gasteiger charge is 2.13. The van der Waals surface area contributed by atoms with Gasteiger partial charge >= 0.3 is 0 Å². The zero-order valence-electron chi connectivity index (χ0n) is 10.1. The second-order valence-electron chi connectivity index (χ2n) is 4.68. The predicted molar refractivity (Wildman–Crippen MR) is 63.3 cm³/mol. The fourth-order valence-corrected chi connectivity index (χ4v) is 1.91. The molecule has 90 valence electrons. The molecule has 1 N–H and O–H groups in total. The summed E-state index contributed by atoms with van der Waals surface area (Å²) in [5.41, 5.74) is 1.11. The molecule has 0 saturated carbocycles. The maximum atomic E-state index is 5.43. The standard InChI is InChI=1S/C12H21N3O/c1-10(2)15-6-5-11(14-15)8-13-12-4-3-7-16-9-12/h5-6,10,12-13H,3-4,7-9H2,1-2H3. The van der Waals surface area contributed by atoms with Crippen molar-refractivity contribution in [1.29, 1.82) is 0 Å². The van der Waals surface area contributed by atoms with Crippen LogP contribution in [0.2, 0.25) is 0 Å². The highest BCUT2D eigenvalue weighted by Crippen LogP contribution is 2.08. The van der Waals surface area contributed by atoms with Gasteiger partial charge in [0.05, 0.1) is 12.3 Å². The molecule has 0 amide bonds. The van der Waals surface area contributed by atoms with Crippen LogP contribution in [-0.4, -0.2) is 29.0 Å². The Bertz CT molecular complexity index is 316. The molecule has 2 rings (SSSR count). The maximum Gasteiger partial charge on any atom is 0.0762 e. The van der Waals surface area contributed by atoms with E-state index >= 15 is 0 Å². The topological polar surface area (TPSA) is 39.1 Å². The number of aromatic nitrogens is 2. The molecule has 1 unspecified atom stereocenters. The summed E-state index contributed by atoms with van der Waals surface area (Å²) < 4.78 is 7.42. The maximum absolute atomic E-state index is 5.43. The third kappa shape index (κ3) is 3.06. The van der Waals surface area contributed by atoms with Gasteiger partial charge in [-0.1, -0.05) is 0 Å². The minimum Gasteiger partial charge on any atom is -0.380 e. The first-order valence-corrected chi connectivity index (χ1v) is 6.11. The van der Waals surface area contributed by atoms with E-state index in [0.717, 1.165) is 31.9 Å². The van der Waals surface area contributed by atoms with Crippen molar-refractivity contribution < 1.29 is 4.74 Å². The van der Waals surface area contributed by atoms with Crippen molar-refractivity contribution in [1.82, 2.24) is 15.1 Å². The Balaban J connectivity index is 1.79. The lowest BCUT2D eigenvalue weighted by Gasteiger charge is -2.22. The highest BCUT2D eigenvalue weighted by atomic mass is 16.5. The lowest BCUT2D eigenvalue weighted by molar-refractivity contribution is 0.0698. The molecule has 1 aliphatic rings. The first-order chi connectivity index (χ1) is 7.75. The Morgan fingerprint density at radius 2 is 2.50 bits per heavy atom. The van der Waals surface area contributed by atoms with E-state index in [2.05, 4.69) is 30.3 Å². The summed E-state index contributed by atoms with van der Waals surface area (Å²) in [7, 11) is 0. The summed E-state index contributed by atoms with van der Waals surface area (Å²) in [6.07, 6.45) is 4.42. The van der Waals surface area contributed by atoms with Crippen LogP contribution in [0.5, 0.6) is 0 Å². The Kier molecular flexibility index (Phi) is 3.96. The van der Waals surface area contributed by atoms with E-state index in [1.54, 1.807) is 0 Å². The van der Waals surface area contributed by atoms with Crippen LogP contribution >= 0.6 is 0 Å². The van der Waals surface area contributed by atoms with Crippen molar-refractivity contribution in [3.8, 4) is 0 Å². The van der Waals surface area contributed by atoms with E-state index in [-0.39, 0.29) is 0 Å². The van der Waals surface area contributed by atoms with Gasteiger partial charge < -0.3 is 10.1 Å². The third-order valence-corrected chi connectivity index (χ3v) is 2.92. The van der Waals surface area contributed by atoms with Gasteiger partial charge in [0.2, 0.25) is 0 Å². The smallest absolute Gasteiger partial charge is 0.0762 e. The number of hydrogen-bond acceptors (Lipinski definition) is 3. The van der Waals surface area contributed by atoms with Crippen molar-refractivity contribution in [3.05, 3.63) is 18.0 Å². The Labute approximate surface area is 97.0 Å². The molecule has 4 nitrogen and oxygen atoms in total. The molecule has 16 heavy (non-hydrogen) atoms. The minimum absolute atomic E-state index is 0.437. The zero-order chi connectivity index (χ0) is 11.4. The molecule has 0 radical (unpaired) electrons. The van der Waals surface area contributed by atoms with Crippen LogP contribution in [-0.2, 0) is 11.3 Å². The van der Waals surface area contributed by atoms with Crippen molar-refractivity contribution >= 4 is 0 Å². The van der Waals surface area contributed by atoms with Crippen LogP contribution in [0.15, 0.2) is 12.3 Å². The summed E-state index contributed by atoms with van der Waals surface area (Å²) in [5, 5.41) is 8.00. The van der Waals surface area contributed by atoms with Gasteiger partial charge in [-0.25, -0.2) is 0 Å². The summed E-state index contributed by atoms with van der Waals surface area (Å²) in [6, 6.07) is 3.01. The first kappa shape index (κ1) is 11.6. The zero-order valence-corrected chi connectivity index (χ0v) is 10.1. The molecule has 1 aliphatic heterocycles. The summed E-state index contributed by atoms with van der Waals surface area (Å²) in [6.45, 7) is 6.87. The summed E-state index contributed by atoms with van der Waals surface area (Å²) >= 11 is 0. The lowest BCUT2D eigenvalue weighted by Crippen LogP contribution is -2.36. The first-order valence-electron chi connectivity index (χ1n) is 6.11. The van der Waals surface area contributed by atoms with Gasteiger partial charge in [0.25, 0.3) is 0 Å². The average molecular weight is 223 g/mol. The van der Waals surface area contributed by atoms with Gasteiger partial charge in [-0.3, -0.25) is 4.68 Å². The lowest BCUT2D eigenvalue weighted by atomic mass is 10.1. The van der Waals surface area contributed by atoms with Crippen LogP contribution in [0.3, 0.4) is 0 Å². The SMILES string of the molecule is CC(C)n1ccc(CNC2CCCOC2)n1. The largest absolute Gasteiger partial charge is 0.380 e. The van der Waals surface area contributed by atoms with Gasteiger partial charge in [-0.15, -0.1) is 0 Å². The van der Waals surface area contributed by atoms with Gasteiger partial charge in [0.1, 0.15) is 0 Å². The van der Waals surface area contributed by atoms with E-state index in [1.165, 1.54) is 6.42 Å². The Morgan fingerprint density at radius 3 is 3.12 bits per heavy atom. The fourth-order valence-electron chi connectivity index (χ4n) is 1.91. The van der Waals surface area contributed by atoms with Crippen molar-refractivity contribution in [2.45, 2.75) is 45.3 Å². The summed E-state index contributed by atoms with van der Waals surface area (Å²) in [5.74, 6) is 0. The van der Waals surface area contributed by atoms with Crippen LogP contribution in [0, 0.1) is 0 Å². The van der Waals surface area contributed by atoms with E-state index in [4.69, 9.17) is 4.74 Å². The monoisotopic (exact) mass is 223 g/mol. The third-order valence-electron chi connectivity index (χ3n) is 2.92. The average Bonchev–Trinajstić information content (AvgIpc) is 2.76. The van der Waals surface area contributed by atoms with Gasteiger partial charge in [0.15, 0.2) is 0 Å². The summed E-state index contributed by atoms with van der Waals surface area (Å²) in [4.78, 5) is 0. The van der Waals surface area contributed by atoms with Crippen LogP contribution < -0.4 is 5.32 Å². The van der Waals surface area contributed by atoms with Crippen LogP contribution in [0.25, 0.3) is 0 Å². The number of hydrogen-bond donors (Lipinski definition) is 1. The molecular weight excluding hydrogens is 202 g/mol. The van der Waals surface area contributed by atoms with Crippen molar-refractivity contribution in [2.24, 2.45) is 0 Å². The molecule has 1 saturated heterocycles. The normalized spacial score (nSPS) is 21.6. The molecule has 2 heterocycles. The molecule has 0 bridgehead atoms. The predicted octanol–water partition coefficient (Wildman–Crippen LogP) is 1.73. The van der Waals surface area contributed by atoms with E-state index < -0.39 is 0 Å². The number of ether oxygens (including phenoxy) is 1. The van der Waals surface area contributed by atoms with Crippen molar-refractivity contribution in [2.75, 3.05) is 13.2 Å². The molecule has 1 atom stereocenters. The molecule has 1 fully saturated rings. The van der Waals surface area contributed by atoms with Gasteiger partial charge in [-0.05, 0) is 32.8 Å². The molecule has 1 aromatic heterocycles. The number of nitrogens with one attached hydrogen (secondary N) is 1. The van der Waals surface area contributed by atoms with E-state index in [0.29, 0.717) is 12.1 Å². The molecule has 1 aromatic rings. The number of rotatable bonds is 4. The van der Waals surface area contributed by atoms with Crippen LogP contribution in [0.1, 0.15) is 38.4 Å². The number of nitrogens with zero attached hydrogens (tertiary/aromatic N) is 2.